The second kappa shape index (κ2) is 6.24. The third-order valence-corrected chi connectivity index (χ3v) is 4.17. The Hall–Kier alpha value is -3.40. The van der Waals surface area contributed by atoms with Crippen LogP contribution in [0.25, 0.3) is 33.2 Å². The minimum atomic E-state index is 0.0149. The summed E-state index contributed by atoms with van der Waals surface area (Å²) < 4.78 is 5.28. The molecule has 25 heavy (non-hydrogen) atoms. The second-order valence-electron chi connectivity index (χ2n) is 5.74. The number of nitrogens with zero attached hydrogens (tertiary/aromatic N) is 2. The normalized spacial score (nSPS) is 10.8. The third kappa shape index (κ3) is 2.90. The van der Waals surface area contributed by atoms with E-state index in [-0.39, 0.29) is 5.88 Å². The Morgan fingerprint density at radius 1 is 0.880 bits per heavy atom. The zero-order chi connectivity index (χ0) is 17.2. The fourth-order valence-electron chi connectivity index (χ4n) is 2.87. The maximum Gasteiger partial charge on any atom is 0.219 e. The Balaban J connectivity index is 1.83. The van der Waals surface area contributed by atoms with E-state index in [1.54, 1.807) is 19.5 Å². The molecule has 0 amide bonds. The molecule has 2 aromatic heterocycles. The average molecular weight is 328 g/mol. The molecule has 0 spiro atoms. The molecular weight excluding hydrogens is 312 g/mol. The van der Waals surface area contributed by atoms with Gasteiger partial charge in [-0.2, -0.15) is 0 Å². The number of hydrogen-bond acceptors (Lipinski definition) is 4. The summed E-state index contributed by atoms with van der Waals surface area (Å²) in [6.45, 7) is 0. The van der Waals surface area contributed by atoms with Crippen LogP contribution < -0.4 is 4.74 Å². The Morgan fingerprint density at radius 3 is 2.52 bits per heavy atom. The zero-order valence-corrected chi connectivity index (χ0v) is 13.7. The number of aromatic hydroxyl groups is 1. The van der Waals surface area contributed by atoms with Gasteiger partial charge in [-0.15, -0.1) is 0 Å². The molecule has 0 aliphatic carbocycles. The van der Waals surface area contributed by atoms with Gasteiger partial charge in [0.1, 0.15) is 5.75 Å². The molecule has 0 saturated carbocycles. The van der Waals surface area contributed by atoms with Crippen LogP contribution in [-0.2, 0) is 0 Å². The van der Waals surface area contributed by atoms with Gasteiger partial charge < -0.3 is 9.84 Å². The summed E-state index contributed by atoms with van der Waals surface area (Å²) in [7, 11) is 1.65. The summed E-state index contributed by atoms with van der Waals surface area (Å²) in [6, 6.07) is 19.5. The van der Waals surface area contributed by atoms with Gasteiger partial charge in [-0.05, 0) is 52.9 Å². The Morgan fingerprint density at radius 2 is 1.72 bits per heavy atom. The van der Waals surface area contributed by atoms with E-state index < -0.39 is 0 Å². The lowest BCUT2D eigenvalue weighted by Gasteiger charge is -2.09. The maximum absolute atomic E-state index is 10.4. The van der Waals surface area contributed by atoms with Gasteiger partial charge in [-0.3, -0.25) is 4.98 Å². The van der Waals surface area contributed by atoms with Crippen molar-refractivity contribution in [1.82, 2.24) is 9.97 Å². The fraction of sp³-hybridized carbons (Fsp3) is 0.0476. The van der Waals surface area contributed by atoms with E-state index in [0.717, 1.165) is 27.8 Å². The van der Waals surface area contributed by atoms with Gasteiger partial charge in [-0.1, -0.05) is 24.3 Å². The van der Waals surface area contributed by atoms with Gasteiger partial charge in [0.2, 0.25) is 5.88 Å². The number of aromatic nitrogens is 2. The van der Waals surface area contributed by atoms with E-state index in [0.29, 0.717) is 11.1 Å². The van der Waals surface area contributed by atoms with Gasteiger partial charge in [0.25, 0.3) is 0 Å². The lowest BCUT2D eigenvalue weighted by Crippen LogP contribution is -1.88. The lowest BCUT2D eigenvalue weighted by molar-refractivity contribution is 0.415. The highest BCUT2D eigenvalue weighted by Crippen LogP contribution is 2.32. The molecule has 0 aliphatic heterocycles. The summed E-state index contributed by atoms with van der Waals surface area (Å²) >= 11 is 0. The van der Waals surface area contributed by atoms with Crippen molar-refractivity contribution in [2.24, 2.45) is 0 Å². The molecular formula is C21H16N2O2. The molecule has 4 aromatic rings. The molecule has 0 aliphatic rings. The van der Waals surface area contributed by atoms with Crippen LogP contribution >= 0.6 is 0 Å². The predicted octanol–water partition coefficient (Wildman–Crippen LogP) is 4.68. The largest absolute Gasteiger partial charge is 0.497 e. The molecule has 0 saturated heterocycles. The summed E-state index contributed by atoms with van der Waals surface area (Å²) in [5, 5.41) is 12.1. The van der Waals surface area contributed by atoms with Gasteiger partial charge in [-0.25, -0.2) is 4.98 Å². The van der Waals surface area contributed by atoms with E-state index in [2.05, 4.69) is 9.97 Å². The smallest absolute Gasteiger partial charge is 0.219 e. The molecule has 0 radical (unpaired) electrons. The SMILES string of the molecule is COc1cccc(-c2ccc3cc(-c4cccnc4)nc(O)c3c2)c1. The molecule has 122 valence electrons. The highest BCUT2D eigenvalue weighted by molar-refractivity contribution is 5.93. The van der Waals surface area contributed by atoms with Crippen molar-refractivity contribution in [1.29, 1.82) is 0 Å². The number of rotatable bonds is 3. The van der Waals surface area contributed by atoms with Gasteiger partial charge in [0.05, 0.1) is 12.8 Å². The monoisotopic (exact) mass is 328 g/mol. The zero-order valence-electron chi connectivity index (χ0n) is 13.7. The fourth-order valence-corrected chi connectivity index (χ4v) is 2.87. The minimum Gasteiger partial charge on any atom is -0.497 e. The highest BCUT2D eigenvalue weighted by Gasteiger charge is 2.09. The number of benzene rings is 2. The van der Waals surface area contributed by atoms with Crippen LogP contribution in [0.3, 0.4) is 0 Å². The van der Waals surface area contributed by atoms with Gasteiger partial charge in [0.15, 0.2) is 0 Å². The average Bonchev–Trinajstić information content (AvgIpc) is 2.68. The van der Waals surface area contributed by atoms with Crippen molar-refractivity contribution < 1.29 is 9.84 Å². The number of ether oxygens (including phenoxy) is 1. The second-order valence-corrected chi connectivity index (χ2v) is 5.74. The van der Waals surface area contributed by atoms with Crippen molar-refractivity contribution in [3.8, 4) is 34.0 Å². The van der Waals surface area contributed by atoms with Crippen molar-refractivity contribution in [2.45, 2.75) is 0 Å². The Bertz CT molecular complexity index is 1050. The third-order valence-electron chi connectivity index (χ3n) is 4.17. The molecule has 4 rings (SSSR count). The van der Waals surface area contributed by atoms with E-state index in [1.165, 1.54) is 0 Å². The molecule has 0 bridgehead atoms. The van der Waals surface area contributed by atoms with Crippen molar-refractivity contribution in [3.63, 3.8) is 0 Å². The first-order chi connectivity index (χ1) is 12.2. The molecule has 0 fully saturated rings. The van der Waals surface area contributed by atoms with E-state index in [9.17, 15) is 5.11 Å². The van der Waals surface area contributed by atoms with Crippen LogP contribution in [0.5, 0.6) is 11.6 Å². The van der Waals surface area contributed by atoms with Crippen molar-refractivity contribution >= 4 is 10.8 Å². The molecule has 0 unspecified atom stereocenters. The van der Waals surface area contributed by atoms with E-state index >= 15 is 0 Å². The molecule has 4 nitrogen and oxygen atoms in total. The van der Waals surface area contributed by atoms with Gasteiger partial charge >= 0.3 is 0 Å². The van der Waals surface area contributed by atoms with Crippen LogP contribution in [0.1, 0.15) is 0 Å². The molecule has 2 heterocycles. The summed E-state index contributed by atoms with van der Waals surface area (Å²) in [4.78, 5) is 8.44. The van der Waals surface area contributed by atoms with E-state index in [4.69, 9.17) is 4.74 Å². The molecule has 4 heteroatoms. The van der Waals surface area contributed by atoms with E-state index in [1.807, 2.05) is 60.7 Å². The summed E-state index contributed by atoms with van der Waals surface area (Å²) in [5.74, 6) is 0.813. The molecule has 2 aromatic carbocycles. The van der Waals surface area contributed by atoms with Crippen molar-refractivity contribution in [3.05, 3.63) is 73.1 Å². The van der Waals surface area contributed by atoms with Crippen LogP contribution in [0.15, 0.2) is 73.1 Å². The van der Waals surface area contributed by atoms with Crippen molar-refractivity contribution in [2.75, 3.05) is 7.11 Å². The number of pyridine rings is 2. The molecule has 0 atom stereocenters. The summed E-state index contributed by atoms with van der Waals surface area (Å²) in [5.41, 5.74) is 3.60. The Labute approximate surface area is 145 Å². The Kier molecular flexibility index (Phi) is 3.78. The first-order valence-electron chi connectivity index (χ1n) is 7.93. The van der Waals surface area contributed by atoms with Gasteiger partial charge in [0, 0.05) is 23.3 Å². The van der Waals surface area contributed by atoms with Crippen LogP contribution in [0.2, 0.25) is 0 Å². The highest BCUT2D eigenvalue weighted by atomic mass is 16.5. The number of fused-ring (bicyclic) bond motifs is 1. The predicted molar refractivity (Wildman–Crippen MR) is 98.6 cm³/mol. The van der Waals surface area contributed by atoms with Crippen LogP contribution in [0, 0.1) is 0 Å². The van der Waals surface area contributed by atoms with Crippen LogP contribution in [0.4, 0.5) is 0 Å². The maximum atomic E-state index is 10.4. The first kappa shape index (κ1) is 15.1. The molecule has 1 N–H and O–H groups in total. The number of methoxy groups -OCH3 is 1. The number of hydrogen-bond donors (Lipinski definition) is 1. The van der Waals surface area contributed by atoms with Crippen LogP contribution in [-0.4, -0.2) is 22.2 Å². The first-order valence-corrected chi connectivity index (χ1v) is 7.93. The lowest BCUT2D eigenvalue weighted by atomic mass is 10.0. The minimum absolute atomic E-state index is 0.0149. The summed E-state index contributed by atoms with van der Waals surface area (Å²) in [6.07, 6.45) is 3.45. The standard InChI is InChI=1S/C21H16N2O2/c1-25-18-6-2-4-14(10-18)15-7-8-16-12-20(17-5-3-9-22-13-17)23-21(24)19(16)11-15/h2-13H,1H3,(H,23,24). The quantitative estimate of drug-likeness (QED) is 0.593. The topological polar surface area (TPSA) is 55.2 Å².